The fraction of sp³-hybridized carbons (Fsp3) is 0.786. The van der Waals surface area contributed by atoms with Crippen LogP contribution in [0.1, 0.15) is 33.6 Å². The fourth-order valence-electron chi connectivity index (χ4n) is 2.23. The van der Waals surface area contributed by atoms with Gasteiger partial charge in [0.2, 0.25) is 0 Å². The van der Waals surface area contributed by atoms with E-state index in [2.05, 4.69) is 36.0 Å². The average Bonchev–Trinajstić information content (AvgIpc) is 2.89. The lowest BCUT2D eigenvalue weighted by atomic mass is 9.89. The van der Waals surface area contributed by atoms with Gasteiger partial charge < -0.3 is 15.3 Å². The first-order valence-electron chi connectivity index (χ1n) is 7.02. The van der Waals surface area contributed by atoms with Crippen LogP contribution >= 0.6 is 11.3 Å². The van der Waals surface area contributed by atoms with E-state index in [-0.39, 0.29) is 11.5 Å². The number of aromatic nitrogens is 1. The number of piperidine rings is 1. The minimum atomic E-state index is -0.288. The van der Waals surface area contributed by atoms with Crippen molar-refractivity contribution in [2.75, 3.05) is 24.5 Å². The summed E-state index contributed by atoms with van der Waals surface area (Å²) in [5.41, 5.74) is -0.0470. The number of anilines is 1. The van der Waals surface area contributed by atoms with Crippen LogP contribution in [0.3, 0.4) is 0 Å². The summed E-state index contributed by atoms with van der Waals surface area (Å²) in [5.74, 6) is 0. The summed E-state index contributed by atoms with van der Waals surface area (Å²) in [7, 11) is 0. The molecule has 0 unspecified atom stereocenters. The predicted octanol–water partition coefficient (Wildman–Crippen LogP) is 2.11. The average molecular weight is 283 g/mol. The zero-order valence-electron chi connectivity index (χ0n) is 12.1. The molecular weight excluding hydrogens is 258 g/mol. The smallest absolute Gasteiger partial charge is 0.185 e. The maximum atomic E-state index is 10.0. The second-order valence-electron chi connectivity index (χ2n) is 6.37. The van der Waals surface area contributed by atoms with Gasteiger partial charge in [-0.1, -0.05) is 20.8 Å². The molecule has 19 heavy (non-hydrogen) atoms. The van der Waals surface area contributed by atoms with Crippen LogP contribution in [0.15, 0.2) is 11.6 Å². The third-order valence-corrected chi connectivity index (χ3v) is 4.62. The van der Waals surface area contributed by atoms with Gasteiger partial charge in [-0.2, -0.15) is 0 Å². The maximum absolute atomic E-state index is 10.0. The number of aliphatic hydroxyl groups is 1. The van der Waals surface area contributed by atoms with E-state index in [1.807, 2.05) is 11.6 Å². The molecule has 2 rings (SSSR count). The van der Waals surface area contributed by atoms with Gasteiger partial charge in [-0.25, -0.2) is 4.98 Å². The number of rotatable bonds is 4. The van der Waals surface area contributed by atoms with Gasteiger partial charge in [-0.3, -0.25) is 0 Å². The van der Waals surface area contributed by atoms with Crippen LogP contribution in [-0.4, -0.2) is 41.9 Å². The summed E-state index contributed by atoms with van der Waals surface area (Å²) in [6, 6.07) is 0.521. The van der Waals surface area contributed by atoms with Crippen molar-refractivity contribution in [1.29, 1.82) is 0 Å². The number of hydrogen-bond donors (Lipinski definition) is 2. The van der Waals surface area contributed by atoms with Gasteiger partial charge in [-0.15, -0.1) is 11.3 Å². The Morgan fingerprint density at radius 1 is 1.47 bits per heavy atom. The number of thiazole rings is 1. The van der Waals surface area contributed by atoms with Gasteiger partial charge in [0.1, 0.15) is 0 Å². The van der Waals surface area contributed by atoms with E-state index in [4.69, 9.17) is 0 Å². The first kappa shape index (κ1) is 14.8. The van der Waals surface area contributed by atoms with Gasteiger partial charge in [-0.05, 0) is 18.3 Å². The topological polar surface area (TPSA) is 48.4 Å². The molecule has 1 aliphatic rings. The lowest BCUT2D eigenvalue weighted by Gasteiger charge is -2.34. The molecule has 1 aromatic rings. The maximum Gasteiger partial charge on any atom is 0.185 e. The van der Waals surface area contributed by atoms with Gasteiger partial charge in [0.25, 0.3) is 0 Å². The van der Waals surface area contributed by atoms with Crippen molar-refractivity contribution in [3.63, 3.8) is 0 Å². The molecule has 1 saturated heterocycles. The van der Waals surface area contributed by atoms with Gasteiger partial charge >= 0.3 is 0 Å². The number of nitrogens with zero attached hydrogens (tertiary/aromatic N) is 2. The van der Waals surface area contributed by atoms with Crippen molar-refractivity contribution in [2.24, 2.45) is 5.41 Å². The molecule has 2 N–H and O–H groups in total. The Bertz CT molecular complexity index is 367. The van der Waals surface area contributed by atoms with Crippen LogP contribution < -0.4 is 10.2 Å². The molecule has 5 heteroatoms. The minimum Gasteiger partial charge on any atom is -0.391 e. The van der Waals surface area contributed by atoms with Gasteiger partial charge in [0.05, 0.1) is 6.10 Å². The Morgan fingerprint density at radius 3 is 2.68 bits per heavy atom. The molecule has 0 amide bonds. The Hall–Kier alpha value is -0.650. The molecule has 1 aliphatic heterocycles. The van der Waals surface area contributed by atoms with Crippen molar-refractivity contribution in [1.82, 2.24) is 10.3 Å². The highest BCUT2D eigenvalue weighted by Crippen LogP contribution is 2.22. The van der Waals surface area contributed by atoms with E-state index in [9.17, 15) is 5.11 Å². The van der Waals surface area contributed by atoms with Crippen LogP contribution in [-0.2, 0) is 0 Å². The molecule has 4 nitrogen and oxygen atoms in total. The lowest BCUT2D eigenvalue weighted by Crippen LogP contribution is -2.46. The number of nitrogens with one attached hydrogen (secondary N) is 1. The fourth-order valence-corrected chi connectivity index (χ4v) is 2.93. The summed E-state index contributed by atoms with van der Waals surface area (Å²) in [5, 5.41) is 16.7. The van der Waals surface area contributed by atoms with Crippen molar-refractivity contribution >= 4 is 16.5 Å². The highest BCUT2D eigenvalue weighted by Gasteiger charge is 2.25. The van der Waals surface area contributed by atoms with Crippen LogP contribution in [0.25, 0.3) is 0 Å². The number of aliphatic hydroxyl groups excluding tert-OH is 1. The molecule has 0 aliphatic carbocycles. The zero-order valence-corrected chi connectivity index (χ0v) is 12.9. The molecule has 2 heterocycles. The predicted molar refractivity (Wildman–Crippen MR) is 80.8 cm³/mol. The van der Waals surface area contributed by atoms with E-state index in [1.165, 1.54) is 0 Å². The third-order valence-electron chi connectivity index (χ3n) is 3.78. The molecular formula is C14H25N3OS. The third kappa shape index (κ3) is 4.16. The van der Waals surface area contributed by atoms with Crippen molar-refractivity contribution in [3.8, 4) is 0 Å². The zero-order chi connectivity index (χ0) is 13.9. The first-order chi connectivity index (χ1) is 8.97. The standard InChI is InChI=1S/C14H25N3OS/c1-14(2,3)12(18)10-16-11-4-7-17(8-5-11)13-15-6-9-19-13/h6,9,11-12,16,18H,4-5,7-8,10H2,1-3H3/t12-/m1/s1. The molecule has 108 valence electrons. The van der Waals surface area contributed by atoms with E-state index in [1.54, 1.807) is 11.3 Å². The largest absolute Gasteiger partial charge is 0.391 e. The summed E-state index contributed by atoms with van der Waals surface area (Å²) < 4.78 is 0. The SMILES string of the molecule is CC(C)(C)[C@H](O)CNC1CCN(c2nccs2)CC1. The van der Waals surface area contributed by atoms with Gasteiger partial charge in [0, 0.05) is 37.3 Å². The molecule has 0 radical (unpaired) electrons. The normalized spacial score (nSPS) is 19.7. The first-order valence-corrected chi connectivity index (χ1v) is 7.90. The summed E-state index contributed by atoms with van der Waals surface area (Å²) in [6.07, 6.45) is 3.82. The molecule has 0 bridgehead atoms. The Kier molecular flexibility index (Phi) is 4.81. The molecule has 1 aromatic heterocycles. The molecule has 1 fully saturated rings. The van der Waals surface area contributed by atoms with E-state index in [0.29, 0.717) is 12.6 Å². The second kappa shape index (κ2) is 6.20. The van der Waals surface area contributed by atoms with Gasteiger partial charge in [0.15, 0.2) is 5.13 Å². The number of hydrogen-bond acceptors (Lipinski definition) is 5. The minimum absolute atomic E-state index is 0.0470. The Labute approximate surface area is 119 Å². The Morgan fingerprint density at radius 2 is 2.16 bits per heavy atom. The van der Waals surface area contributed by atoms with Crippen molar-refractivity contribution < 1.29 is 5.11 Å². The van der Waals surface area contributed by atoms with E-state index >= 15 is 0 Å². The quantitative estimate of drug-likeness (QED) is 0.888. The molecule has 0 aromatic carbocycles. The summed E-state index contributed by atoms with van der Waals surface area (Å²) in [4.78, 5) is 6.71. The summed E-state index contributed by atoms with van der Waals surface area (Å²) in [6.45, 7) is 9.01. The van der Waals surface area contributed by atoms with Crippen molar-refractivity contribution in [2.45, 2.75) is 45.8 Å². The molecule has 0 spiro atoms. The van der Waals surface area contributed by atoms with Crippen LogP contribution in [0, 0.1) is 5.41 Å². The Balaban J connectivity index is 1.72. The molecule has 0 saturated carbocycles. The van der Waals surface area contributed by atoms with E-state index < -0.39 is 0 Å². The van der Waals surface area contributed by atoms with Crippen LogP contribution in [0.5, 0.6) is 0 Å². The lowest BCUT2D eigenvalue weighted by molar-refractivity contribution is 0.0596. The summed E-state index contributed by atoms with van der Waals surface area (Å²) >= 11 is 1.71. The highest BCUT2D eigenvalue weighted by molar-refractivity contribution is 7.13. The highest BCUT2D eigenvalue weighted by atomic mass is 32.1. The monoisotopic (exact) mass is 283 g/mol. The molecule has 1 atom stereocenters. The van der Waals surface area contributed by atoms with Crippen LogP contribution in [0.4, 0.5) is 5.13 Å². The van der Waals surface area contributed by atoms with E-state index in [0.717, 1.165) is 31.1 Å². The van der Waals surface area contributed by atoms with Crippen molar-refractivity contribution in [3.05, 3.63) is 11.6 Å². The van der Waals surface area contributed by atoms with Crippen LogP contribution in [0.2, 0.25) is 0 Å². The second-order valence-corrected chi connectivity index (χ2v) is 7.24.